The molecule has 1 heterocycles. The molecule has 1 aliphatic rings. The SMILES string of the molecule is CS(=O)(=O)c1ccc(C(CC2CCCC2)C(=O)Nc2ccncn2)cc1Cl. The highest BCUT2D eigenvalue weighted by molar-refractivity contribution is 7.90. The second kappa shape index (κ2) is 8.35. The first-order valence-corrected chi connectivity index (χ1v) is 11.2. The minimum atomic E-state index is -3.42. The van der Waals surface area contributed by atoms with Crippen molar-refractivity contribution < 1.29 is 13.2 Å². The number of aromatic nitrogens is 2. The molecule has 1 aromatic heterocycles. The minimum absolute atomic E-state index is 0.0729. The van der Waals surface area contributed by atoms with Gasteiger partial charge in [0.25, 0.3) is 0 Å². The van der Waals surface area contributed by atoms with Gasteiger partial charge in [0.15, 0.2) is 9.84 Å². The van der Waals surface area contributed by atoms with E-state index in [4.69, 9.17) is 11.6 Å². The van der Waals surface area contributed by atoms with Crippen LogP contribution in [0.4, 0.5) is 5.82 Å². The summed E-state index contributed by atoms with van der Waals surface area (Å²) >= 11 is 6.21. The van der Waals surface area contributed by atoms with Gasteiger partial charge < -0.3 is 5.32 Å². The number of hydrogen-bond acceptors (Lipinski definition) is 5. The number of hydrogen-bond donors (Lipinski definition) is 1. The van der Waals surface area contributed by atoms with Crippen LogP contribution in [0.2, 0.25) is 5.02 Å². The molecule has 6 nitrogen and oxygen atoms in total. The Morgan fingerprint density at radius 1 is 1.30 bits per heavy atom. The van der Waals surface area contributed by atoms with Crippen molar-refractivity contribution in [1.29, 1.82) is 0 Å². The molecule has 0 bridgehead atoms. The van der Waals surface area contributed by atoms with Crippen molar-refractivity contribution >= 4 is 33.2 Å². The lowest BCUT2D eigenvalue weighted by atomic mass is 9.87. The molecular formula is C19H22ClN3O3S. The highest BCUT2D eigenvalue weighted by atomic mass is 35.5. The fourth-order valence-corrected chi connectivity index (χ4v) is 4.92. The van der Waals surface area contributed by atoms with Crippen LogP contribution in [0.1, 0.15) is 43.6 Å². The summed E-state index contributed by atoms with van der Waals surface area (Å²) in [6.45, 7) is 0. The van der Waals surface area contributed by atoms with Crippen molar-refractivity contribution in [2.24, 2.45) is 5.92 Å². The van der Waals surface area contributed by atoms with Crippen LogP contribution in [0.15, 0.2) is 41.7 Å². The average Bonchev–Trinajstić information content (AvgIpc) is 3.12. The Morgan fingerprint density at radius 3 is 2.63 bits per heavy atom. The topological polar surface area (TPSA) is 89.0 Å². The molecule has 1 aromatic carbocycles. The van der Waals surface area contributed by atoms with Crippen molar-refractivity contribution in [3.8, 4) is 0 Å². The van der Waals surface area contributed by atoms with Crippen LogP contribution >= 0.6 is 11.6 Å². The number of sulfone groups is 1. The van der Waals surface area contributed by atoms with Gasteiger partial charge in [0, 0.05) is 12.5 Å². The van der Waals surface area contributed by atoms with Crippen LogP contribution in [0.25, 0.3) is 0 Å². The van der Waals surface area contributed by atoms with E-state index in [-0.39, 0.29) is 15.8 Å². The standard InChI is InChI=1S/C19H22ClN3O3S/c1-27(25,26)17-7-6-14(11-16(17)20)15(10-13-4-2-3-5-13)19(24)23-18-8-9-21-12-22-18/h6-9,11-13,15H,2-5,10H2,1H3,(H,21,22,23,24). The van der Waals surface area contributed by atoms with Gasteiger partial charge in [-0.15, -0.1) is 0 Å². The Kier molecular flexibility index (Phi) is 6.11. The first kappa shape index (κ1) is 19.8. The maximum absolute atomic E-state index is 13.0. The van der Waals surface area contributed by atoms with Crippen molar-refractivity contribution in [2.75, 3.05) is 11.6 Å². The fourth-order valence-electron chi connectivity index (χ4n) is 3.59. The van der Waals surface area contributed by atoms with Gasteiger partial charge in [-0.2, -0.15) is 0 Å². The van der Waals surface area contributed by atoms with Crippen LogP contribution in [0.3, 0.4) is 0 Å². The lowest BCUT2D eigenvalue weighted by Gasteiger charge is -2.21. The molecule has 1 fully saturated rings. The highest BCUT2D eigenvalue weighted by Gasteiger charge is 2.28. The van der Waals surface area contributed by atoms with Crippen molar-refractivity contribution in [3.63, 3.8) is 0 Å². The molecule has 1 atom stereocenters. The molecule has 27 heavy (non-hydrogen) atoms. The van der Waals surface area contributed by atoms with Gasteiger partial charge in [0.1, 0.15) is 12.1 Å². The fraction of sp³-hybridized carbons (Fsp3) is 0.421. The normalized spacial score (nSPS) is 16.2. The van der Waals surface area contributed by atoms with Crippen molar-refractivity contribution in [2.45, 2.75) is 42.9 Å². The summed E-state index contributed by atoms with van der Waals surface area (Å²) in [5.74, 6) is 0.308. The molecule has 0 spiro atoms. The number of halogens is 1. The van der Waals surface area contributed by atoms with Crippen molar-refractivity contribution in [3.05, 3.63) is 47.4 Å². The monoisotopic (exact) mass is 407 g/mol. The number of carbonyl (C=O) groups is 1. The summed E-state index contributed by atoms with van der Waals surface area (Å²) in [6.07, 6.45) is 9.32. The van der Waals surface area contributed by atoms with Gasteiger partial charge in [-0.1, -0.05) is 43.4 Å². The largest absolute Gasteiger partial charge is 0.310 e. The molecule has 1 amide bonds. The zero-order valence-electron chi connectivity index (χ0n) is 15.1. The average molecular weight is 408 g/mol. The number of nitrogens with zero attached hydrogens (tertiary/aromatic N) is 2. The van der Waals surface area contributed by atoms with Gasteiger partial charge in [0.05, 0.1) is 15.8 Å². The van der Waals surface area contributed by atoms with E-state index in [0.29, 0.717) is 23.7 Å². The molecule has 144 valence electrons. The quantitative estimate of drug-likeness (QED) is 0.785. The minimum Gasteiger partial charge on any atom is -0.310 e. The first-order chi connectivity index (χ1) is 12.8. The van der Waals surface area contributed by atoms with Crippen LogP contribution in [0, 0.1) is 5.92 Å². The predicted octanol–water partition coefficient (Wildman–Crippen LogP) is 3.84. The maximum atomic E-state index is 13.0. The summed E-state index contributed by atoms with van der Waals surface area (Å²) in [6, 6.07) is 6.38. The smallest absolute Gasteiger partial charge is 0.233 e. The van der Waals surface area contributed by atoms with Gasteiger partial charge in [0.2, 0.25) is 5.91 Å². The molecule has 2 aromatic rings. The molecule has 0 radical (unpaired) electrons. The number of rotatable bonds is 6. The third-order valence-electron chi connectivity index (χ3n) is 4.95. The van der Waals surface area contributed by atoms with Crippen LogP contribution in [0.5, 0.6) is 0 Å². The second-order valence-electron chi connectivity index (χ2n) is 6.98. The van der Waals surface area contributed by atoms with Crippen molar-refractivity contribution in [1.82, 2.24) is 9.97 Å². The van der Waals surface area contributed by atoms with E-state index in [1.165, 1.54) is 25.2 Å². The van der Waals surface area contributed by atoms with Gasteiger partial charge in [-0.25, -0.2) is 18.4 Å². The Bertz CT molecular complexity index is 913. The number of anilines is 1. The summed E-state index contributed by atoms with van der Waals surface area (Å²) in [4.78, 5) is 20.9. The van der Waals surface area contributed by atoms with Gasteiger partial charge in [-0.3, -0.25) is 4.79 Å². The van der Waals surface area contributed by atoms with E-state index < -0.39 is 15.8 Å². The molecule has 1 unspecified atom stereocenters. The Hall–Kier alpha value is -1.99. The predicted molar refractivity (Wildman–Crippen MR) is 105 cm³/mol. The third-order valence-corrected chi connectivity index (χ3v) is 6.53. The number of amides is 1. The summed E-state index contributed by atoms with van der Waals surface area (Å²) in [5, 5.41) is 2.97. The first-order valence-electron chi connectivity index (χ1n) is 8.91. The maximum Gasteiger partial charge on any atom is 0.233 e. The Labute approximate surface area is 164 Å². The molecule has 8 heteroatoms. The lowest BCUT2D eigenvalue weighted by Crippen LogP contribution is -2.23. The Morgan fingerprint density at radius 2 is 2.04 bits per heavy atom. The number of carbonyl (C=O) groups excluding carboxylic acids is 1. The Balaban J connectivity index is 1.89. The van der Waals surface area contributed by atoms with E-state index in [1.807, 2.05) is 0 Å². The van der Waals surface area contributed by atoms with Gasteiger partial charge >= 0.3 is 0 Å². The zero-order valence-corrected chi connectivity index (χ0v) is 16.6. The molecule has 1 N–H and O–H groups in total. The second-order valence-corrected chi connectivity index (χ2v) is 9.38. The summed E-state index contributed by atoms with van der Waals surface area (Å²) in [5.41, 5.74) is 0.714. The highest BCUT2D eigenvalue weighted by Crippen LogP contribution is 2.36. The third kappa shape index (κ3) is 5.05. The number of benzene rings is 1. The van der Waals surface area contributed by atoms with E-state index in [9.17, 15) is 13.2 Å². The number of nitrogens with one attached hydrogen (secondary N) is 1. The lowest BCUT2D eigenvalue weighted by molar-refractivity contribution is -0.118. The van der Waals surface area contributed by atoms with E-state index in [1.54, 1.807) is 24.4 Å². The van der Waals surface area contributed by atoms with E-state index in [2.05, 4.69) is 15.3 Å². The molecule has 0 saturated heterocycles. The van der Waals surface area contributed by atoms with E-state index in [0.717, 1.165) is 19.1 Å². The van der Waals surface area contributed by atoms with E-state index >= 15 is 0 Å². The van der Waals surface area contributed by atoms with Crippen LogP contribution in [-0.2, 0) is 14.6 Å². The van der Waals surface area contributed by atoms with Crippen LogP contribution in [-0.4, -0.2) is 30.5 Å². The molecule has 1 aliphatic carbocycles. The molecular weight excluding hydrogens is 386 g/mol. The molecule has 0 aliphatic heterocycles. The molecule has 3 rings (SSSR count). The van der Waals surface area contributed by atoms with Crippen LogP contribution < -0.4 is 5.32 Å². The van der Waals surface area contributed by atoms with Gasteiger partial charge in [-0.05, 0) is 36.1 Å². The summed E-state index contributed by atoms with van der Waals surface area (Å²) < 4.78 is 23.6. The molecule has 1 saturated carbocycles. The zero-order chi connectivity index (χ0) is 19.4. The summed E-state index contributed by atoms with van der Waals surface area (Å²) in [7, 11) is -3.42.